The lowest BCUT2D eigenvalue weighted by atomic mass is 9.98. The summed E-state index contributed by atoms with van der Waals surface area (Å²) in [6.07, 6.45) is 3.50. The molecule has 6 rings (SSSR count). The van der Waals surface area contributed by atoms with Gasteiger partial charge in [-0.1, -0.05) is 78.0 Å². The molecule has 0 bridgehead atoms. The van der Waals surface area contributed by atoms with Crippen LogP contribution >= 0.6 is 23.4 Å². The molecule has 0 aliphatic heterocycles. The molecule has 0 atom stereocenters. The molecule has 37 heavy (non-hydrogen) atoms. The molecule has 0 unspecified atom stereocenters. The van der Waals surface area contributed by atoms with E-state index in [4.69, 9.17) is 11.6 Å². The summed E-state index contributed by atoms with van der Waals surface area (Å²) in [5, 5.41) is 24.9. The first kappa shape index (κ1) is 23.1. The molecule has 8 nitrogen and oxygen atoms in total. The molecular weight excluding hydrogens is 504 g/mol. The minimum atomic E-state index is 0.570. The van der Waals surface area contributed by atoms with Crippen molar-refractivity contribution in [3.63, 3.8) is 0 Å². The topological polar surface area (TPSA) is 98.1 Å². The van der Waals surface area contributed by atoms with Crippen LogP contribution in [-0.2, 0) is 5.75 Å². The Morgan fingerprint density at radius 2 is 1.59 bits per heavy atom. The minimum absolute atomic E-state index is 0.570. The van der Waals surface area contributed by atoms with Gasteiger partial charge in [-0.15, -0.1) is 20.4 Å². The van der Waals surface area contributed by atoms with Gasteiger partial charge in [-0.2, -0.15) is 5.21 Å². The number of hydrogen-bond donors (Lipinski definition) is 1. The van der Waals surface area contributed by atoms with Gasteiger partial charge in [-0.3, -0.25) is 9.55 Å². The van der Waals surface area contributed by atoms with Crippen LogP contribution in [0.5, 0.6) is 0 Å². The van der Waals surface area contributed by atoms with Crippen molar-refractivity contribution in [3.8, 4) is 39.6 Å². The van der Waals surface area contributed by atoms with Crippen molar-refractivity contribution in [3.05, 3.63) is 108 Å². The molecule has 0 saturated carbocycles. The van der Waals surface area contributed by atoms with Crippen molar-refractivity contribution in [2.75, 3.05) is 0 Å². The van der Waals surface area contributed by atoms with Gasteiger partial charge in [0.1, 0.15) is 0 Å². The predicted octanol–water partition coefficient (Wildman–Crippen LogP) is 6.12. The molecule has 3 aromatic carbocycles. The highest BCUT2D eigenvalue weighted by Gasteiger charge is 2.17. The average molecular weight is 523 g/mol. The highest BCUT2D eigenvalue weighted by atomic mass is 35.5. The van der Waals surface area contributed by atoms with E-state index >= 15 is 0 Å². The summed E-state index contributed by atoms with van der Waals surface area (Å²) in [5.41, 5.74) is 6.05. The van der Waals surface area contributed by atoms with Crippen LogP contribution in [0.3, 0.4) is 0 Å². The Morgan fingerprint density at radius 3 is 2.35 bits per heavy atom. The van der Waals surface area contributed by atoms with Gasteiger partial charge < -0.3 is 0 Å². The van der Waals surface area contributed by atoms with Gasteiger partial charge in [0, 0.05) is 34.3 Å². The van der Waals surface area contributed by atoms with Crippen molar-refractivity contribution in [2.24, 2.45) is 0 Å². The summed E-state index contributed by atoms with van der Waals surface area (Å²) in [7, 11) is 0. The predicted molar refractivity (Wildman–Crippen MR) is 144 cm³/mol. The molecule has 180 valence electrons. The summed E-state index contributed by atoms with van der Waals surface area (Å²) < 4.78 is 2.03. The molecule has 10 heteroatoms. The van der Waals surface area contributed by atoms with E-state index in [1.807, 2.05) is 59.2 Å². The van der Waals surface area contributed by atoms with Gasteiger partial charge >= 0.3 is 0 Å². The summed E-state index contributed by atoms with van der Waals surface area (Å²) in [6, 6.07) is 28.0. The van der Waals surface area contributed by atoms with Gasteiger partial charge in [0.25, 0.3) is 0 Å². The summed E-state index contributed by atoms with van der Waals surface area (Å²) in [6.45, 7) is 0. The van der Waals surface area contributed by atoms with E-state index in [0.717, 1.165) is 50.2 Å². The molecule has 0 aliphatic carbocycles. The second kappa shape index (κ2) is 10.3. The number of benzene rings is 3. The van der Waals surface area contributed by atoms with Crippen LogP contribution in [0.2, 0.25) is 5.02 Å². The Hall–Kier alpha value is -4.34. The molecule has 0 radical (unpaired) electrons. The van der Waals surface area contributed by atoms with E-state index in [1.54, 1.807) is 24.2 Å². The van der Waals surface area contributed by atoms with E-state index in [2.05, 4.69) is 66.1 Å². The zero-order chi connectivity index (χ0) is 25.0. The maximum atomic E-state index is 6.31. The smallest absolute Gasteiger partial charge is 0.205 e. The third-order valence-corrected chi connectivity index (χ3v) is 7.02. The fourth-order valence-electron chi connectivity index (χ4n) is 4.03. The summed E-state index contributed by atoms with van der Waals surface area (Å²) >= 11 is 7.93. The fraction of sp³-hybridized carbons (Fsp3) is 0.0370. The Labute approximate surface area is 221 Å². The van der Waals surface area contributed by atoms with E-state index in [9.17, 15) is 0 Å². The van der Waals surface area contributed by atoms with Crippen molar-refractivity contribution in [2.45, 2.75) is 10.9 Å². The molecule has 0 fully saturated rings. The molecule has 1 N–H and O–H groups in total. The number of halogens is 1. The average Bonchev–Trinajstić information content (AvgIpc) is 3.63. The molecule has 0 spiro atoms. The number of nitrogens with zero attached hydrogens (tertiary/aromatic N) is 7. The van der Waals surface area contributed by atoms with Gasteiger partial charge in [0.2, 0.25) is 5.82 Å². The van der Waals surface area contributed by atoms with E-state index in [0.29, 0.717) is 10.8 Å². The van der Waals surface area contributed by atoms with Crippen molar-refractivity contribution in [1.29, 1.82) is 0 Å². The van der Waals surface area contributed by atoms with Crippen LogP contribution in [-0.4, -0.2) is 40.4 Å². The first-order valence-corrected chi connectivity index (χ1v) is 12.8. The Bertz CT molecular complexity index is 1630. The maximum Gasteiger partial charge on any atom is 0.205 e. The number of H-pyrrole nitrogens is 1. The second-order valence-corrected chi connectivity index (χ2v) is 9.50. The SMILES string of the molecule is Clc1cccc(-n2c(SCc3ccc(-c4ccccc4-c4nn[nH]n4)cc3)nnc2-c2ccncc2)c1. The number of tetrazole rings is 1. The van der Waals surface area contributed by atoms with Gasteiger partial charge in [0.15, 0.2) is 11.0 Å². The molecule has 6 aromatic rings. The number of aromatic amines is 1. The van der Waals surface area contributed by atoms with Crippen LogP contribution in [0.25, 0.3) is 39.6 Å². The first-order valence-electron chi connectivity index (χ1n) is 11.4. The van der Waals surface area contributed by atoms with Crippen LogP contribution in [0.1, 0.15) is 5.56 Å². The highest BCUT2D eigenvalue weighted by molar-refractivity contribution is 7.98. The molecule has 3 aromatic heterocycles. The monoisotopic (exact) mass is 522 g/mol. The lowest BCUT2D eigenvalue weighted by molar-refractivity contribution is 0.881. The van der Waals surface area contributed by atoms with Crippen LogP contribution in [0.4, 0.5) is 0 Å². The van der Waals surface area contributed by atoms with Crippen molar-refractivity contribution >= 4 is 23.4 Å². The van der Waals surface area contributed by atoms with Gasteiger partial charge in [-0.05, 0) is 52.2 Å². The zero-order valence-corrected chi connectivity index (χ0v) is 20.9. The number of thioether (sulfide) groups is 1. The van der Waals surface area contributed by atoms with E-state index < -0.39 is 0 Å². The molecule has 3 heterocycles. The number of aromatic nitrogens is 8. The standard InChI is InChI=1S/C27H19ClN8S/c28-21-4-3-5-22(16-21)36-26(20-12-14-29-15-13-20)32-33-27(36)37-17-18-8-10-19(11-9-18)23-6-1-2-7-24(23)25-30-34-35-31-25/h1-16H,17H2,(H,30,31,34,35). The van der Waals surface area contributed by atoms with Gasteiger partial charge in [0.05, 0.1) is 5.69 Å². The number of rotatable bonds is 7. The van der Waals surface area contributed by atoms with Crippen LogP contribution < -0.4 is 0 Å². The third-order valence-electron chi connectivity index (χ3n) is 5.78. The summed E-state index contributed by atoms with van der Waals surface area (Å²) in [5.74, 6) is 2.03. The number of nitrogens with one attached hydrogen (secondary N) is 1. The van der Waals surface area contributed by atoms with Crippen molar-refractivity contribution < 1.29 is 0 Å². The van der Waals surface area contributed by atoms with Crippen molar-refractivity contribution in [1.82, 2.24) is 40.4 Å². The van der Waals surface area contributed by atoms with E-state index in [1.165, 1.54) is 0 Å². The second-order valence-electron chi connectivity index (χ2n) is 8.12. The maximum absolute atomic E-state index is 6.31. The van der Waals surface area contributed by atoms with Crippen LogP contribution in [0.15, 0.2) is 102 Å². The zero-order valence-electron chi connectivity index (χ0n) is 19.4. The molecule has 0 aliphatic rings. The summed E-state index contributed by atoms with van der Waals surface area (Å²) in [4.78, 5) is 4.12. The van der Waals surface area contributed by atoms with Gasteiger partial charge in [-0.25, -0.2) is 0 Å². The largest absolute Gasteiger partial charge is 0.270 e. The number of hydrogen-bond acceptors (Lipinski definition) is 7. The fourth-order valence-corrected chi connectivity index (χ4v) is 5.13. The minimum Gasteiger partial charge on any atom is -0.270 e. The first-order chi connectivity index (χ1) is 18.3. The molecule has 0 saturated heterocycles. The third kappa shape index (κ3) is 4.87. The molecular formula is C27H19ClN8S. The van der Waals surface area contributed by atoms with E-state index in [-0.39, 0.29) is 0 Å². The Morgan fingerprint density at radius 1 is 0.784 bits per heavy atom. The number of pyridine rings is 1. The lowest BCUT2D eigenvalue weighted by Crippen LogP contribution is -2.00. The quantitative estimate of drug-likeness (QED) is 0.252. The lowest BCUT2D eigenvalue weighted by Gasteiger charge is -2.11. The molecule has 0 amide bonds. The van der Waals surface area contributed by atoms with Crippen LogP contribution in [0, 0.1) is 0 Å². The highest BCUT2D eigenvalue weighted by Crippen LogP contribution is 2.32. The Balaban J connectivity index is 1.27. The Kier molecular flexibility index (Phi) is 6.45. The normalized spacial score (nSPS) is 11.1.